The minimum atomic E-state index is 0.361. The van der Waals surface area contributed by atoms with E-state index in [2.05, 4.69) is 6.92 Å². The smallest absolute Gasteiger partial charge is 0.0192 e. The van der Waals surface area contributed by atoms with Crippen LogP contribution >= 0.6 is 0 Å². The van der Waals surface area contributed by atoms with Crippen LogP contribution in [0.5, 0.6) is 0 Å². The molecular weight excluding hydrogens is 86.1 g/mol. The topological polar surface area (TPSA) is 26.0 Å². The van der Waals surface area contributed by atoms with Crippen LogP contribution in [0.25, 0.3) is 0 Å². The summed E-state index contributed by atoms with van der Waals surface area (Å²) in [5.74, 6) is 1.87. The summed E-state index contributed by atoms with van der Waals surface area (Å²) in [5, 5.41) is 0. The molecule has 3 atom stereocenters. The molecule has 0 radical (unpaired) electrons. The Balaban J connectivity index is 2.12. The van der Waals surface area contributed by atoms with Gasteiger partial charge in [-0.15, -0.1) is 0 Å². The van der Waals surface area contributed by atoms with Crippen LogP contribution in [0.15, 0.2) is 0 Å². The van der Waals surface area contributed by atoms with Gasteiger partial charge in [-0.1, -0.05) is 6.92 Å². The molecule has 2 saturated carbocycles. The second kappa shape index (κ2) is 0.752. The highest BCUT2D eigenvalue weighted by atomic mass is 14.9. The van der Waals surface area contributed by atoms with E-state index in [0.717, 1.165) is 11.8 Å². The largest absolute Gasteiger partial charge is 0.325 e. The van der Waals surface area contributed by atoms with Gasteiger partial charge in [0.05, 0.1) is 0 Å². The van der Waals surface area contributed by atoms with E-state index < -0.39 is 0 Å². The Morgan fingerprint density at radius 3 is 2.29 bits per heavy atom. The fraction of sp³-hybridized carbons (Fsp3) is 1.00. The zero-order valence-electron chi connectivity index (χ0n) is 4.65. The van der Waals surface area contributed by atoms with Crippen molar-refractivity contribution in [2.24, 2.45) is 17.6 Å². The van der Waals surface area contributed by atoms with Gasteiger partial charge in [0.25, 0.3) is 0 Å². The molecule has 7 heavy (non-hydrogen) atoms. The van der Waals surface area contributed by atoms with Crippen molar-refractivity contribution in [2.75, 3.05) is 0 Å². The van der Waals surface area contributed by atoms with Gasteiger partial charge < -0.3 is 5.73 Å². The van der Waals surface area contributed by atoms with Crippen molar-refractivity contribution >= 4 is 0 Å². The molecule has 0 heterocycles. The van der Waals surface area contributed by atoms with Crippen molar-refractivity contribution in [2.45, 2.75) is 25.3 Å². The summed E-state index contributed by atoms with van der Waals surface area (Å²) in [6, 6.07) is 0. The molecule has 2 aliphatic rings. The monoisotopic (exact) mass is 97.1 g/mol. The maximum Gasteiger partial charge on any atom is 0.0192 e. The van der Waals surface area contributed by atoms with E-state index in [0.29, 0.717) is 5.54 Å². The van der Waals surface area contributed by atoms with E-state index >= 15 is 0 Å². The summed E-state index contributed by atoms with van der Waals surface area (Å²) in [5.41, 5.74) is 6.15. The van der Waals surface area contributed by atoms with Gasteiger partial charge >= 0.3 is 0 Å². The third-order valence-corrected chi connectivity index (χ3v) is 2.57. The van der Waals surface area contributed by atoms with Crippen LogP contribution in [0.4, 0.5) is 0 Å². The van der Waals surface area contributed by atoms with Gasteiger partial charge in [0.15, 0.2) is 0 Å². The lowest BCUT2D eigenvalue weighted by molar-refractivity contribution is 0.276. The highest BCUT2D eigenvalue weighted by Crippen LogP contribution is 2.61. The van der Waals surface area contributed by atoms with Gasteiger partial charge in [-0.3, -0.25) is 0 Å². The van der Waals surface area contributed by atoms with E-state index in [1.165, 1.54) is 12.8 Å². The number of fused-ring (bicyclic) bond motifs is 1. The second-order valence-corrected chi connectivity index (χ2v) is 3.23. The molecule has 0 amide bonds. The molecule has 3 unspecified atom stereocenters. The molecule has 2 fully saturated rings. The average Bonchev–Trinajstić information content (AvgIpc) is 2.10. The number of rotatable bonds is 0. The van der Waals surface area contributed by atoms with Crippen molar-refractivity contribution in [3.63, 3.8) is 0 Å². The van der Waals surface area contributed by atoms with E-state index in [4.69, 9.17) is 5.73 Å². The zero-order valence-corrected chi connectivity index (χ0v) is 4.65. The Morgan fingerprint density at radius 2 is 2.29 bits per heavy atom. The molecule has 2 rings (SSSR count). The highest BCUT2D eigenvalue weighted by molar-refractivity contribution is 5.19. The fourth-order valence-electron chi connectivity index (χ4n) is 1.93. The van der Waals surface area contributed by atoms with Crippen molar-refractivity contribution < 1.29 is 0 Å². The van der Waals surface area contributed by atoms with E-state index in [1.807, 2.05) is 0 Å². The van der Waals surface area contributed by atoms with Crippen molar-refractivity contribution in [1.82, 2.24) is 0 Å². The van der Waals surface area contributed by atoms with Gasteiger partial charge in [-0.2, -0.15) is 0 Å². The summed E-state index contributed by atoms with van der Waals surface area (Å²) in [7, 11) is 0. The first-order valence-corrected chi connectivity index (χ1v) is 3.01. The predicted molar refractivity (Wildman–Crippen MR) is 28.8 cm³/mol. The van der Waals surface area contributed by atoms with Crippen LogP contribution in [0.1, 0.15) is 19.8 Å². The maximum absolute atomic E-state index is 5.79. The van der Waals surface area contributed by atoms with Gasteiger partial charge in [0.2, 0.25) is 0 Å². The first-order chi connectivity index (χ1) is 3.22. The Hall–Kier alpha value is -0.0400. The lowest BCUT2D eigenvalue weighted by Gasteiger charge is -2.27. The molecule has 0 saturated heterocycles. The lowest BCUT2D eigenvalue weighted by atomic mass is 9.83. The van der Waals surface area contributed by atoms with E-state index in [1.54, 1.807) is 0 Å². The molecule has 0 aliphatic heterocycles. The Morgan fingerprint density at radius 1 is 1.57 bits per heavy atom. The predicted octanol–water partition coefficient (Wildman–Crippen LogP) is 0.744. The summed E-state index contributed by atoms with van der Waals surface area (Å²) in [4.78, 5) is 0. The lowest BCUT2D eigenvalue weighted by Crippen LogP contribution is -2.37. The Bertz CT molecular complexity index is 111. The van der Waals surface area contributed by atoms with Crippen LogP contribution in [-0.4, -0.2) is 5.54 Å². The van der Waals surface area contributed by atoms with Crippen LogP contribution in [-0.2, 0) is 0 Å². The SMILES string of the molecule is CC1CC2(N)CC12. The van der Waals surface area contributed by atoms with Gasteiger partial charge in [0.1, 0.15) is 0 Å². The van der Waals surface area contributed by atoms with Gasteiger partial charge in [-0.25, -0.2) is 0 Å². The number of hydrogen-bond acceptors (Lipinski definition) is 1. The van der Waals surface area contributed by atoms with E-state index in [9.17, 15) is 0 Å². The van der Waals surface area contributed by atoms with E-state index in [-0.39, 0.29) is 0 Å². The minimum absolute atomic E-state index is 0.361. The highest BCUT2D eigenvalue weighted by Gasteiger charge is 2.62. The van der Waals surface area contributed by atoms with Crippen molar-refractivity contribution in [3.05, 3.63) is 0 Å². The average molecular weight is 97.2 g/mol. The summed E-state index contributed by atoms with van der Waals surface area (Å²) >= 11 is 0. The number of nitrogens with two attached hydrogens (primary N) is 1. The molecule has 0 aromatic rings. The van der Waals surface area contributed by atoms with Crippen LogP contribution in [0.2, 0.25) is 0 Å². The Labute approximate surface area is 43.9 Å². The summed E-state index contributed by atoms with van der Waals surface area (Å²) < 4.78 is 0. The van der Waals surface area contributed by atoms with Gasteiger partial charge in [0, 0.05) is 5.54 Å². The summed E-state index contributed by atoms with van der Waals surface area (Å²) in [6.45, 7) is 2.29. The molecule has 1 nitrogen and oxygen atoms in total. The van der Waals surface area contributed by atoms with Crippen molar-refractivity contribution in [3.8, 4) is 0 Å². The zero-order chi connectivity index (χ0) is 5.07. The Kier molecular flexibility index (Phi) is 0.419. The molecule has 1 heteroatoms. The van der Waals surface area contributed by atoms with Crippen LogP contribution < -0.4 is 5.73 Å². The second-order valence-electron chi connectivity index (χ2n) is 3.23. The van der Waals surface area contributed by atoms with Crippen LogP contribution in [0, 0.1) is 11.8 Å². The number of hydrogen-bond donors (Lipinski definition) is 1. The summed E-state index contributed by atoms with van der Waals surface area (Å²) in [6.07, 6.45) is 2.60. The molecule has 0 bridgehead atoms. The van der Waals surface area contributed by atoms with Crippen molar-refractivity contribution in [1.29, 1.82) is 0 Å². The third kappa shape index (κ3) is 0.290. The maximum atomic E-state index is 5.79. The molecular formula is C6H11N. The quantitative estimate of drug-likeness (QED) is 0.474. The van der Waals surface area contributed by atoms with Gasteiger partial charge in [-0.05, 0) is 24.7 Å². The molecule has 0 spiro atoms. The first kappa shape index (κ1) is 3.90. The fourth-order valence-corrected chi connectivity index (χ4v) is 1.93. The third-order valence-electron chi connectivity index (χ3n) is 2.57. The standard InChI is InChI=1S/C6H11N/c1-4-2-6(7)3-5(4)6/h4-5H,2-3,7H2,1H3. The molecule has 0 aromatic carbocycles. The molecule has 2 N–H and O–H groups in total. The van der Waals surface area contributed by atoms with Crippen LogP contribution in [0.3, 0.4) is 0 Å². The minimum Gasteiger partial charge on any atom is -0.325 e. The first-order valence-electron chi connectivity index (χ1n) is 3.01. The molecule has 0 aromatic heterocycles. The normalized spacial score (nSPS) is 66.0. The molecule has 2 aliphatic carbocycles. The molecule has 40 valence electrons.